The van der Waals surface area contributed by atoms with Gasteiger partial charge in [0.1, 0.15) is 18.2 Å². The molecule has 4 nitrogen and oxygen atoms in total. The minimum absolute atomic E-state index is 0.282. The Morgan fingerprint density at radius 2 is 1.92 bits per heavy atom. The highest BCUT2D eigenvalue weighted by atomic mass is 35.5. The van der Waals surface area contributed by atoms with Crippen molar-refractivity contribution in [1.82, 2.24) is 4.98 Å². The van der Waals surface area contributed by atoms with Crippen LogP contribution in [0.3, 0.4) is 0 Å². The van der Waals surface area contributed by atoms with Crippen molar-refractivity contribution in [1.29, 1.82) is 0 Å². The predicted octanol–water partition coefficient (Wildman–Crippen LogP) is 4.97. The second-order valence-corrected chi connectivity index (χ2v) is 5.97. The number of hydrogen-bond acceptors (Lipinski definition) is 3. The van der Waals surface area contributed by atoms with Gasteiger partial charge in [0.2, 0.25) is 5.91 Å². The van der Waals surface area contributed by atoms with Crippen molar-refractivity contribution in [2.75, 3.05) is 5.32 Å². The lowest BCUT2D eigenvalue weighted by Gasteiger charge is -2.07. The van der Waals surface area contributed by atoms with Crippen molar-refractivity contribution in [3.63, 3.8) is 0 Å². The van der Waals surface area contributed by atoms with Crippen LogP contribution in [0.2, 0.25) is 5.02 Å². The van der Waals surface area contributed by atoms with Gasteiger partial charge in [0.15, 0.2) is 0 Å². The molecule has 1 aromatic heterocycles. The molecular weight excluding hydrogens is 348 g/mol. The molecule has 0 aliphatic carbocycles. The first-order valence-corrected chi connectivity index (χ1v) is 8.44. The fourth-order valence-electron chi connectivity index (χ4n) is 2.26. The van der Waals surface area contributed by atoms with Gasteiger partial charge in [-0.05, 0) is 41.5 Å². The van der Waals surface area contributed by atoms with Crippen LogP contribution in [0.5, 0.6) is 5.75 Å². The number of nitrogens with zero attached hydrogens (tertiary/aromatic N) is 1. The third-order valence-corrected chi connectivity index (χ3v) is 3.74. The van der Waals surface area contributed by atoms with Gasteiger partial charge in [-0.25, -0.2) is 4.98 Å². The van der Waals surface area contributed by atoms with Gasteiger partial charge in [-0.15, -0.1) is 0 Å². The fourth-order valence-corrected chi connectivity index (χ4v) is 2.42. The monoisotopic (exact) mass is 364 g/mol. The van der Waals surface area contributed by atoms with Gasteiger partial charge < -0.3 is 10.1 Å². The second-order valence-electron chi connectivity index (χ2n) is 5.53. The maximum Gasteiger partial charge on any atom is 0.249 e. The Hall–Kier alpha value is -3.11. The number of anilines is 1. The molecule has 0 radical (unpaired) electrons. The molecule has 1 amide bonds. The molecule has 0 aliphatic rings. The number of hydrogen-bond donors (Lipinski definition) is 1. The molecule has 2 aromatic carbocycles. The third kappa shape index (κ3) is 5.46. The number of nitrogens with one attached hydrogen (secondary N) is 1. The molecule has 3 aromatic rings. The van der Waals surface area contributed by atoms with Crippen LogP contribution in [0.25, 0.3) is 6.08 Å². The Morgan fingerprint density at radius 1 is 1.08 bits per heavy atom. The van der Waals surface area contributed by atoms with Crippen molar-refractivity contribution in [3.05, 3.63) is 95.2 Å². The quantitative estimate of drug-likeness (QED) is 0.628. The maximum atomic E-state index is 12.0. The number of ether oxygens (including phenoxy) is 1. The average molecular weight is 365 g/mol. The first-order chi connectivity index (χ1) is 12.7. The van der Waals surface area contributed by atoms with Crippen molar-refractivity contribution in [2.45, 2.75) is 6.61 Å². The summed E-state index contributed by atoms with van der Waals surface area (Å²) < 4.78 is 5.79. The lowest BCUT2D eigenvalue weighted by atomic mass is 10.2. The third-order valence-electron chi connectivity index (χ3n) is 3.51. The zero-order valence-electron chi connectivity index (χ0n) is 13.9. The van der Waals surface area contributed by atoms with Crippen molar-refractivity contribution < 1.29 is 9.53 Å². The normalized spacial score (nSPS) is 10.7. The molecule has 26 heavy (non-hydrogen) atoms. The number of carbonyl (C=O) groups excluding carboxylic acids is 1. The number of rotatable bonds is 6. The molecule has 0 atom stereocenters. The minimum atomic E-state index is -0.282. The first kappa shape index (κ1) is 17.7. The van der Waals surface area contributed by atoms with Crippen molar-refractivity contribution in [2.24, 2.45) is 0 Å². The summed E-state index contributed by atoms with van der Waals surface area (Å²) in [6.07, 6.45) is 4.70. The van der Waals surface area contributed by atoms with E-state index < -0.39 is 0 Å². The molecule has 0 unspecified atom stereocenters. The number of benzene rings is 2. The topological polar surface area (TPSA) is 51.2 Å². The Morgan fingerprint density at radius 3 is 2.73 bits per heavy atom. The fraction of sp³-hybridized carbons (Fsp3) is 0.0476. The molecule has 0 fully saturated rings. The average Bonchev–Trinajstić information content (AvgIpc) is 2.66. The van der Waals surface area contributed by atoms with Gasteiger partial charge in [0, 0.05) is 17.3 Å². The maximum absolute atomic E-state index is 12.0. The smallest absolute Gasteiger partial charge is 0.249 e. The molecule has 0 saturated heterocycles. The van der Waals surface area contributed by atoms with Crippen LogP contribution in [0.1, 0.15) is 11.1 Å². The van der Waals surface area contributed by atoms with Gasteiger partial charge in [0.05, 0.1) is 0 Å². The minimum Gasteiger partial charge on any atom is -0.489 e. The summed E-state index contributed by atoms with van der Waals surface area (Å²) in [6, 6.07) is 20.7. The molecule has 1 N–H and O–H groups in total. The largest absolute Gasteiger partial charge is 0.489 e. The van der Waals surface area contributed by atoms with E-state index in [0.717, 1.165) is 16.9 Å². The Labute approximate surface area is 157 Å². The van der Waals surface area contributed by atoms with Crippen LogP contribution < -0.4 is 10.1 Å². The Balaban J connectivity index is 1.59. The lowest BCUT2D eigenvalue weighted by Crippen LogP contribution is -2.08. The molecule has 0 aliphatic heterocycles. The summed E-state index contributed by atoms with van der Waals surface area (Å²) in [6.45, 7) is 0.495. The highest BCUT2D eigenvalue weighted by Crippen LogP contribution is 2.16. The molecule has 3 rings (SSSR count). The number of aromatic nitrogens is 1. The van der Waals surface area contributed by atoms with E-state index in [1.165, 1.54) is 12.3 Å². The van der Waals surface area contributed by atoms with Gasteiger partial charge >= 0.3 is 0 Å². The molecule has 130 valence electrons. The zero-order valence-corrected chi connectivity index (χ0v) is 14.7. The van der Waals surface area contributed by atoms with Crippen LogP contribution in [-0.2, 0) is 11.4 Å². The standard InChI is InChI=1S/C21H17ClN2O2/c22-18-11-12-23-20(14-18)24-21(25)10-9-16-7-4-8-19(13-16)26-15-17-5-2-1-3-6-17/h1-14H,15H2,(H,23,24,25)/b10-9+. The van der Waals surface area contributed by atoms with Gasteiger partial charge in [-0.3, -0.25) is 4.79 Å². The van der Waals surface area contributed by atoms with E-state index in [9.17, 15) is 4.79 Å². The summed E-state index contributed by atoms with van der Waals surface area (Å²) in [7, 11) is 0. The lowest BCUT2D eigenvalue weighted by molar-refractivity contribution is -0.111. The van der Waals surface area contributed by atoms with E-state index in [4.69, 9.17) is 16.3 Å². The molecule has 0 saturated carbocycles. The second kappa shape index (κ2) is 8.83. The van der Waals surface area contributed by atoms with E-state index in [0.29, 0.717) is 17.4 Å². The number of pyridine rings is 1. The first-order valence-electron chi connectivity index (χ1n) is 8.06. The Bertz CT molecular complexity index is 911. The van der Waals surface area contributed by atoms with E-state index in [-0.39, 0.29) is 5.91 Å². The molecule has 0 spiro atoms. The summed E-state index contributed by atoms with van der Waals surface area (Å²) in [5.74, 6) is 0.871. The molecule has 0 bridgehead atoms. The van der Waals surface area contributed by atoms with Gasteiger partial charge in [-0.1, -0.05) is 54.1 Å². The van der Waals surface area contributed by atoms with Crippen LogP contribution in [0, 0.1) is 0 Å². The van der Waals surface area contributed by atoms with Crippen molar-refractivity contribution >= 4 is 29.4 Å². The summed E-state index contributed by atoms with van der Waals surface area (Å²) in [4.78, 5) is 16.0. The van der Waals surface area contributed by atoms with Crippen LogP contribution in [0.4, 0.5) is 5.82 Å². The highest BCUT2D eigenvalue weighted by molar-refractivity contribution is 6.30. The van der Waals surface area contributed by atoms with Gasteiger partial charge in [0.25, 0.3) is 0 Å². The van der Waals surface area contributed by atoms with E-state index in [1.54, 1.807) is 18.2 Å². The number of halogens is 1. The van der Waals surface area contributed by atoms with Crippen LogP contribution in [0.15, 0.2) is 79.0 Å². The molecule has 5 heteroatoms. The van der Waals surface area contributed by atoms with Crippen LogP contribution >= 0.6 is 11.6 Å². The predicted molar refractivity (Wildman–Crippen MR) is 104 cm³/mol. The number of amides is 1. The van der Waals surface area contributed by atoms with E-state index in [1.807, 2.05) is 54.6 Å². The zero-order chi connectivity index (χ0) is 18.2. The van der Waals surface area contributed by atoms with Crippen molar-refractivity contribution in [3.8, 4) is 5.75 Å². The van der Waals surface area contributed by atoms with Crippen LogP contribution in [-0.4, -0.2) is 10.9 Å². The van der Waals surface area contributed by atoms with E-state index >= 15 is 0 Å². The highest BCUT2D eigenvalue weighted by Gasteiger charge is 2.01. The van der Waals surface area contributed by atoms with E-state index in [2.05, 4.69) is 10.3 Å². The Kier molecular flexibility index (Phi) is 6.01. The SMILES string of the molecule is O=C(/C=C/c1cccc(OCc2ccccc2)c1)Nc1cc(Cl)ccn1. The summed E-state index contributed by atoms with van der Waals surface area (Å²) >= 11 is 5.87. The molecule has 1 heterocycles. The summed E-state index contributed by atoms with van der Waals surface area (Å²) in [5, 5.41) is 3.18. The number of carbonyl (C=O) groups is 1. The summed E-state index contributed by atoms with van der Waals surface area (Å²) in [5.41, 5.74) is 1.96. The molecular formula is C21H17ClN2O2. The van der Waals surface area contributed by atoms with Gasteiger partial charge in [-0.2, -0.15) is 0 Å².